The summed E-state index contributed by atoms with van der Waals surface area (Å²) in [4.78, 5) is 0. The van der Waals surface area contributed by atoms with Crippen LogP contribution in [0.3, 0.4) is 0 Å². The van der Waals surface area contributed by atoms with Gasteiger partial charge in [0, 0.05) is 12.6 Å². The summed E-state index contributed by atoms with van der Waals surface area (Å²) in [5, 5.41) is 11.2. The Morgan fingerprint density at radius 2 is 2.11 bits per heavy atom. The highest BCUT2D eigenvalue weighted by Gasteiger charge is 2.39. The molecule has 0 aromatic heterocycles. The number of hydrogen-bond donors (Lipinski definition) is 1. The number of rotatable bonds is 5. The van der Waals surface area contributed by atoms with Gasteiger partial charge in [-0.2, -0.15) is 18.4 Å². The van der Waals surface area contributed by atoms with Gasteiger partial charge in [0.05, 0.1) is 13.2 Å². The summed E-state index contributed by atoms with van der Waals surface area (Å²) >= 11 is 0. The average molecular weight is 272 g/mol. The number of nitrogens with one attached hydrogen (secondary N) is 1. The van der Waals surface area contributed by atoms with Crippen LogP contribution in [0.15, 0.2) is 24.3 Å². The number of nitrogens with zero attached hydrogens (tertiary/aromatic N) is 1. The van der Waals surface area contributed by atoms with Crippen molar-refractivity contribution in [3.05, 3.63) is 29.8 Å². The Hall–Kier alpha value is -1.74. The fourth-order valence-electron chi connectivity index (χ4n) is 1.56. The fraction of sp³-hybridized carbons (Fsp3) is 0.462. The molecule has 1 aromatic carbocycles. The monoisotopic (exact) mass is 272 g/mol. The Morgan fingerprint density at radius 3 is 2.63 bits per heavy atom. The lowest BCUT2D eigenvalue weighted by Gasteiger charge is -2.18. The predicted molar refractivity (Wildman–Crippen MR) is 64.6 cm³/mol. The molecule has 0 saturated heterocycles. The van der Waals surface area contributed by atoms with Gasteiger partial charge >= 0.3 is 6.18 Å². The van der Waals surface area contributed by atoms with Crippen LogP contribution >= 0.6 is 0 Å². The quantitative estimate of drug-likeness (QED) is 0.896. The number of benzene rings is 1. The van der Waals surface area contributed by atoms with Gasteiger partial charge in [0.15, 0.2) is 5.92 Å². The second kappa shape index (κ2) is 6.43. The van der Waals surface area contributed by atoms with E-state index in [9.17, 15) is 13.2 Å². The summed E-state index contributed by atoms with van der Waals surface area (Å²) in [5.74, 6) is -1.36. The summed E-state index contributed by atoms with van der Waals surface area (Å²) in [6.45, 7) is 1.30. The van der Waals surface area contributed by atoms with Crippen LogP contribution in [0, 0.1) is 17.2 Å². The molecule has 0 bridgehead atoms. The highest BCUT2D eigenvalue weighted by molar-refractivity contribution is 5.30. The molecule has 19 heavy (non-hydrogen) atoms. The summed E-state index contributed by atoms with van der Waals surface area (Å²) in [6.07, 6.45) is -4.50. The van der Waals surface area contributed by atoms with E-state index < -0.39 is 18.6 Å². The normalized spacial score (nSPS) is 14.5. The number of alkyl halides is 3. The average Bonchev–Trinajstić information content (AvgIpc) is 2.37. The highest BCUT2D eigenvalue weighted by atomic mass is 19.4. The molecule has 104 valence electrons. The Kier molecular flexibility index (Phi) is 5.19. The van der Waals surface area contributed by atoms with Gasteiger partial charge in [0.1, 0.15) is 5.75 Å². The van der Waals surface area contributed by atoms with E-state index in [0.717, 1.165) is 5.56 Å². The minimum Gasteiger partial charge on any atom is -0.497 e. The molecule has 1 rings (SSSR count). The van der Waals surface area contributed by atoms with Gasteiger partial charge in [-0.3, -0.25) is 0 Å². The smallest absolute Gasteiger partial charge is 0.405 e. The molecule has 0 saturated carbocycles. The van der Waals surface area contributed by atoms with Crippen molar-refractivity contribution in [2.24, 2.45) is 5.92 Å². The molecule has 3 nitrogen and oxygen atoms in total. The maximum absolute atomic E-state index is 12.4. The number of methoxy groups -OCH3 is 1. The van der Waals surface area contributed by atoms with E-state index in [4.69, 9.17) is 10.00 Å². The van der Waals surface area contributed by atoms with Gasteiger partial charge in [-0.05, 0) is 24.6 Å². The van der Waals surface area contributed by atoms with E-state index in [1.807, 2.05) is 0 Å². The maximum atomic E-state index is 12.4. The molecule has 0 fully saturated rings. The molecule has 6 heteroatoms. The zero-order valence-electron chi connectivity index (χ0n) is 10.7. The molecule has 0 amide bonds. The van der Waals surface area contributed by atoms with Gasteiger partial charge in [-0.15, -0.1) is 0 Å². The van der Waals surface area contributed by atoms with Gasteiger partial charge in [-0.25, -0.2) is 0 Å². The first-order valence-electron chi connectivity index (χ1n) is 5.72. The van der Waals surface area contributed by atoms with Crippen LogP contribution < -0.4 is 10.1 Å². The third-order valence-corrected chi connectivity index (χ3v) is 2.77. The summed E-state index contributed by atoms with van der Waals surface area (Å²) in [7, 11) is 1.52. The van der Waals surface area contributed by atoms with E-state index in [1.54, 1.807) is 31.2 Å². The van der Waals surface area contributed by atoms with E-state index >= 15 is 0 Å². The third kappa shape index (κ3) is 4.45. The van der Waals surface area contributed by atoms with Crippen molar-refractivity contribution in [2.45, 2.75) is 19.1 Å². The molecule has 0 heterocycles. The van der Waals surface area contributed by atoms with Crippen molar-refractivity contribution in [3.63, 3.8) is 0 Å². The number of halogens is 3. The lowest BCUT2D eigenvalue weighted by molar-refractivity contribution is -0.157. The summed E-state index contributed by atoms with van der Waals surface area (Å²) < 4.78 is 42.3. The second-order valence-electron chi connectivity index (χ2n) is 4.13. The van der Waals surface area contributed by atoms with Crippen molar-refractivity contribution in [3.8, 4) is 11.8 Å². The fourth-order valence-corrected chi connectivity index (χ4v) is 1.56. The van der Waals surface area contributed by atoms with Gasteiger partial charge in [0.25, 0.3) is 0 Å². The molecular formula is C13H15F3N2O. The Labute approximate surface area is 110 Å². The zero-order valence-corrected chi connectivity index (χ0v) is 10.7. The lowest BCUT2D eigenvalue weighted by Crippen LogP contribution is -2.33. The number of ether oxygens (including phenoxy) is 1. The molecule has 1 N–H and O–H groups in total. The topological polar surface area (TPSA) is 45.0 Å². The molecule has 1 aromatic rings. The third-order valence-electron chi connectivity index (χ3n) is 2.77. The molecule has 0 aliphatic heterocycles. The largest absolute Gasteiger partial charge is 0.497 e. The standard InChI is InChI=1S/C13H15F3N2O/c1-9(10-4-3-5-12(6-10)19-2)18-8-11(7-17)13(14,15)16/h3-6,9,11,18H,8H2,1-2H3/t9-,11?/m1/s1. The predicted octanol–water partition coefficient (Wildman–Crippen LogP) is 3.05. The summed E-state index contributed by atoms with van der Waals surface area (Å²) in [5.41, 5.74) is 0.804. The van der Waals surface area contributed by atoms with Crippen LogP contribution in [-0.2, 0) is 0 Å². The van der Waals surface area contributed by atoms with Crippen molar-refractivity contribution in [1.29, 1.82) is 5.26 Å². The van der Waals surface area contributed by atoms with Crippen LogP contribution in [0.2, 0.25) is 0 Å². The number of nitriles is 1. The molecule has 0 spiro atoms. The zero-order chi connectivity index (χ0) is 14.5. The Balaban J connectivity index is 2.65. The molecule has 0 aliphatic carbocycles. The molecular weight excluding hydrogens is 257 g/mol. The maximum Gasteiger partial charge on any atom is 0.405 e. The molecule has 2 atom stereocenters. The second-order valence-corrected chi connectivity index (χ2v) is 4.13. The van der Waals surface area contributed by atoms with Gasteiger partial charge in [-0.1, -0.05) is 12.1 Å². The van der Waals surface area contributed by atoms with Crippen molar-refractivity contribution >= 4 is 0 Å². The van der Waals surface area contributed by atoms with E-state index in [0.29, 0.717) is 5.75 Å². The highest BCUT2D eigenvalue weighted by Crippen LogP contribution is 2.26. The Morgan fingerprint density at radius 1 is 1.42 bits per heavy atom. The van der Waals surface area contributed by atoms with Crippen LogP contribution in [0.4, 0.5) is 13.2 Å². The van der Waals surface area contributed by atoms with E-state index in [2.05, 4.69) is 5.32 Å². The lowest BCUT2D eigenvalue weighted by atomic mass is 10.1. The van der Waals surface area contributed by atoms with Crippen LogP contribution in [0.25, 0.3) is 0 Å². The molecule has 1 unspecified atom stereocenters. The van der Waals surface area contributed by atoms with Gasteiger partial charge in [0.2, 0.25) is 0 Å². The van der Waals surface area contributed by atoms with Crippen molar-refractivity contribution in [2.75, 3.05) is 13.7 Å². The minimum absolute atomic E-state index is 0.298. The van der Waals surface area contributed by atoms with Gasteiger partial charge < -0.3 is 10.1 Å². The first kappa shape index (κ1) is 15.3. The first-order chi connectivity index (χ1) is 8.88. The van der Waals surface area contributed by atoms with Crippen LogP contribution in [-0.4, -0.2) is 19.8 Å². The minimum atomic E-state index is -4.50. The number of hydrogen-bond acceptors (Lipinski definition) is 3. The van der Waals surface area contributed by atoms with Crippen molar-refractivity contribution in [1.82, 2.24) is 5.32 Å². The van der Waals surface area contributed by atoms with Crippen molar-refractivity contribution < 1.29 is 17.9 Å². The van der Waals surface area contributed by atoms with Crippen LogP contribution in [0.5, 0.6) is 5.75 Å². The SMILES string of the molecule is COc1cccc([C@@H](C)NCC(C#N)C(F)(F)F)c1. The first-order valence-corrected chi connectivity index (χ1v) is 5.72. The Bertz CT molecular complexity index is 454. The van der Waals surface area contributed by atoms with Crippen LogP contribution in [0.1, 0.15) is 18.5 Å². The van der Waals surface area contributed by atoms with E-state index in [1.165, 1.54) is 13.2 Å². The summed E-state index contributed by atoms with van der Waals surface area (Å²) in [6, 6.07) is 8.01. The van der Waals surface area contributed by atoms with E-state index in [-0.39, 0.29) is 6.04 Å². The molecule has 0 radical (unpaired) electrons. The molecule has 0 aliphatic rings.